The lowest BCUT2D eigenvalue weighted by atomic mass is 10.1. The van der Waals surface area contributed by atoms with Crippen molar-refractivity contribution in [2.24, 2.45) is 0 Å². The summed E-state index contributed by atoms with van der Waals surface area (Å²) in [6.45, 7) is 10.1. The zero-order chi connectivity index (χ0) is 12.7. The molecule has 0 N–H and O–H groups in total. The van der Waals surface area contributed by atoms with Gasteiger partial charge in [-0.15, -0.1) is 0 Å². The van der Waals surface area contributed by atoms with Gasteiger partial charge in [-0.25, -0.2) is 0 Å². The van der Waals surface area contributed by atoms with E-state index < -0.39 is 0 Å². The molecule has 0 aromatic heterocycles. The molecule has 96 valence electrons. The fraction of sp³-hybridized carbons (Fsp3) is 0.600. The Morgan fingerprint density at radius 1 is 1.18 bits per heavy atom. The largest absolute Gasteiger partial charge is 0.298 e. The van der Waals surface area contributed by atoms with Crippen LogP contribution < -0.4 is 0 Å². The average molecular weight is 298 g/mol. The highest BCUT2D eigenvalue weighted by Gasteiger charge is 2.07. The molecule has 0 amide bonds. The highest BCUT2D eigenvalue weighted by molar-refractivity contribution is 9.09. The molecule has 1 aromatic rings. The maximum absolute atomic E-state index is 3.55. The molecule has 0 fully saturated rings. The summed E-state index contributed by atoms with van der Waals surface area (Å²) in [7, 11) is 0. The molecule has 1 aromatic carbocycles. The highest BCUT2D eigenvalue weighted by atomic mass is 79.9. The summed E-state index contributed by atoms with van der Waals surface area (Å²) in [4.78, 5) is 2.54. The molecule has 1 nitrogen and oxygen atoms in total. The zero-order valence-corrected chi connectivity index (χ0v) is 12.9. The number of halogens is 1. The maximum atomic E-state index is 3.55. The Kier molecular flexibility index (Phi) is 6.83. The molecule has 0 aliphatic heterocycles. The number of unbranched alkanes of at least 4 members (excludes halogenated alkanes) is 1. The van der Waals surface area contributed by atoms with Gasteiger partial charge in [0.1, 0.15) is 0 Å². The third-order valence-electron chi connectivity index (χ3n) is 3.13. The summed E-state index contributed by atoms with van der Waals surface area (Å²) in [6.07, 6.45) is 2.56. The van der Waals surface area contributed by atoms with Crippen molar-refractivity contribution in [1.29, 1.82) is 0 Å². The van der Waals surface area contributed by atoms with E-state index in [1.165, 1.54) is 36.1 Å². The van der Waals surface area contributed by atoms with Crippen LogP contribution in [0.15, 0.2) is 18.2 Å². The van der Waals surface area contributed by atoms with Crippen LogP contribution in [0.2, 0.25) is 0 Å². The predicted octanol–water partition coefficient (Wildman–Crippen LogP) is 4.30. The van der Waals surface area contributed by atoms with Gasteiger partial charge in [-0.1, -0.05) is 53.0 Å². The summed E-state index contributed by atoms with van der Waals surface area (Å²) in [5, 5.41) is 1.06. The molecular formula is C15H24BrN. The highest BCUT2D eigenvalue weighted by Crippen LogP contribution is 2.14. The van der Waals surface area contributed by atoms with Gasteiger partial charge in [0, 0.05) is 18.4 Å². The number of benzene rings is 1. The first-order chi connectivity index (χ1) is 8.17. The topological polar surface area (TPSA) is 3.24 Å². The first-order valence-electron chi connectivity index (χ1n) is 6.51. The summed E-state index contributed by atoms with van der Waals surface area (Å²) < 4.78 is 0. The lowest BCUT2D eigenvalue weighted by molar-refractivity contribution is 0.278. The molecule has 0 aliphatic carbocycles. The second-order valence-electron chi connectivity index (χ2n) is 4.75. The van der Waals surface area contributed by atoms with Crippen LogP contribution in [0.4, 0.5) is 0 Å². The molecule has 0 spiro atoms. The SMILES string of the molecule is CCCCN(CCBr)Cc1cc(C)ccc1C. The Bertz CT molecular complexity index is 336. The third kappa shape index (κ3) is 5.22. The van der Waals surface area contributed by atoms with Crippen molar-refractivity contribution in [3.05, 3.63) is 34.9 Å². The molecule has 0 aliphatic rings. The Hall–Kier alpha value is -0.340. The van der Waals surface area contributed by atoms with E-state index in [4.69, 9.17) is 0 Å². The van der Waals surface area contributed by atoms with Crippen LogP contribution in [0.3, 0.4) is 0 Å². The van der Waals surface area contributed by atoms with E-state index >= 15 is 0 Å². The number of hydrogen-bond acceptors (Lipinski definition) is 1. The fourth-order valence-electron chi connectivity index (χ4n) is 1.98. The van der Waals surface area contributed by atoms with E-state index in [0.717, 1.165) is 18.4 Å². The molecular weight excluding hydrogens is 274 g/mol. The molecule has 0 heterocycles. The van der Waals surface area contributed by atoms with Crippen LogP contribution in [0.1, 0.15) is 36.5 Å². The number of hydrogen-bond donors (Lipinski definition) is 0. The molecule has 1 rings (SSSR count). The van der Waals surface area contributed by atoms with Gasteiger partial charge in [-0.05, 0) is 37.9 Å². The van der Waals surface area contributed by atoms with Gasteiger partial charge in [-0.2, -0.15) is 0 Å². The number of alkyl halides is 1. The third-order valence-corrected chi connectivity index (χ3v) is 3.48. The van der Waals surface area contributed by atoms with E-state index in [1.54, 1.807) is 0 Å². The number of rotatable bonds is 7. The quantitative estimate of drug-likeness (QED) is 0.678. The second-order valence-corrected chi connectivity index (χ2v) is 5.54. The van der Waals surface area contributed by atoms with Crippen molar-refractivity contribution in [2.75, 3.05) is 18.4 Å². The van der Waals surface area contributed by atoms with Gasteiger partial charge < -0.3 is 0 Å². The molecule has 0 radical (unpaired) electrons. The Morgan fingerprint density at radius 2 is 1.94 bits per heavy atom. The van der Waals surface area contributed by atoms with Crippen molar-refractivity contribution in [3.63, 3.8) is 0 Å². The van der Waals surface area contributed by atoms with Gasteiger partial charge in [0.05, 0.1) is 0 Å². The van der Waals surface area contributed by atoms with Crippen molar-refractivity contribution in [3.8, 4) is 0 Å². The Balaban J connectivity index is 2.67. The van der Waals surface area contributed by atoms with Gasteiger partial charge in [0.15, 0.2) is 0 Å². The monoisotopic (exact) mass is 297 g/mol. The first kappa shape index (κ1) is 14.7. The first-order valence-corrected chi connectivity index (χ1v) is 7.64. The molecule has 0 unspecified atom stereocenters. The summed E-state index contributed by atoms with van der Waals surface area (Å²) in [5.41, 5.74) is 4.24. The Labute approximate surface area is 114 Å². The van der Waals surface area contributed by atoms with E-state index in [0.29, 0.717) is 0 Å². The smallest absolute Gasteiger partial charge is 0.0236 e. The van der Waals surface area contributed by atoms with Crippen LogP contribution in [-0.4, -0.2) is 23.3 Å². The second kappa shape index (κ2) is 7.88. The minimum Gasteiger partial charge on any atom is -0.298 e. The zero-order valence-electron chi connectivity index (χ0n) is 11.3. The molecule has 0 bridgehead atoms. The molecule has 0 saturated carbocycles. The normalized spacial score (nSPS) is 11.1. The standard InChI is InChI=1S/C15H24BrN/c1-4-5-9-17(10-8-16)12-15-11-13(2)6-7-14(15)3/h6-7,11H,4-5,8-10,12H2,1-3H3. The lowest BCUT2D eigenvalue weighted by Crippen LogP contribution is -2.26. The van der Waals surface area contributed by atoms with Gasteiger partial charge in [-0.3, -0.25) is 4.90 Å². The van der Waals surface area contributed by atoms with E-state index in [-0.39, 0.29) is 0 Å². The minimum atomic E-state index is 1.06. The van der Waals surface area contributed by atoms with Crippen molar-refractivity contribution in [1.82, 2.24) is 4.90 Å². The van der Waals surface area contributed by atoms with Crippen LogP contribution in [0.25, 0.3) is 0 Å². The van der Waals surface area contributed by atoms with E-state index in [1.807, 2.05) is 0 Å². The summed E-state index contributed by atoms with van der Waals surface area (Å²) >= 11 is 3.55. The lowest BCUT2D eigenvalue weighted by Gasteiger charge is -2.22. The molecule has 0 saturated heterocycles. The maximum Gasteiger partial charge on any atom is 0.0236 e. The Morgan fingerprint density at radius 3 is 2.59 bits per heavy atom. The molecule has 17 heavy (non-hydrogen) atoms. The number of nitrogens with zero attached hydrogens (tertiary/aromatic N) is 1. The summed E-state index contributed by atoms with van der Waals surface area (Å²) in [5.74, 6) is 0. The van der Waals surface area contributed by atoms with Crippen LogP contribution in [0, 0.1) is 13.8 Å². The average Bonchev–Trinajstić information content (AvgIpc) is 2.31. The molecule has 0 atom stereocenters. The van der Waals surface area contributed by atoms with Crippen LogP contribution in [0.5, 0.6) is 0 Å². The number of aryl methyl sites for hydroxylation is 2. The van der Waals surface area contributed by atoms with Crippen molar-refractivity contribution < 1.29 is 0 Å². The van der Waals surface area contributed by atoms with E-state index in [9.17, 15) is 0 Å². The predicted molar refractivity (Wildman–Crippen MR) is 79.9 cm³/mol. The minimum absolute atomic E-state index is 1.06. The summed E-state index contributed by atoms with van der Waals surface area (Å²) in [6, 6.07) is 6.75. The van der Waals surface area contributed by atoms with Crippen molar-refractivity contribution in [2.45, 2.75) is 40.2 Å². The van der Waals surface area contributed by atoms with Gasteiger partial charge in [0.25, 0.3) is 0 Å². The van der Waals surface area contributed by atoms with Gasteiger partial charge in [0.2, 0.25) is 0 Å². The van der Waals surface area contributed by atoms with Crippen molar-refractivity contribution >= 4 is 15.9 Å². The van der Waals surface area contributed by atoms with Crippen LogP contribution >= 0.6 is 15.9 Å². The fourth-order valence-corrected chi connectivity index (χ4v) is 2.48. The van der Waals surface area contributed by atoms with Gasteiger partial charge >= 0.3 is 0 Å². The van der Waals surface area contributed by atoms with E-state index in [2.05, 4.69) is 59.8 Å². The van der Waals surface area contributed by atoms with Crippen LogP contribution in [-0.2, 0) is 6.54 Å². The molecule has 2 heteroatoms.